The molecule has 0 aromatic rings. The molecule has 3 aliphatic rings. The molecule has 3 rings (SSSR count). The maximum Gasteiger partial charge on any atom is 0.283 e. The summed E-state index contributed by atoms with van der Waals surface area (Å²) in [6, 6.07) is 0. The van der Waals surface area contributed by atoms with Crippen molar-refractivity contribution in [2.75, 3.05) is 0 Å². The van der Waals surface area contributed by atoms with Crippen molar-refractivity contribution in [2.45, 2.75) is 13.0 Å². The van der Waals surface area contributed by atoms with Gasteiger partial charge < -0.3 is 0 Å². The predicted molar refractivity (Wildman–Crippen MR) is 10.8 cm³/mol. The van der Waals surface area contributed by atoms with Crippen LogP contribution >= 0.6 is 0 Å². The highest BCUT2D eigenvalue weighted by Gasteiger charge is 2.47. The first-order valence-electron chi connectivity index (χ1n) is 1.41. The van der Waals surface area contributed by atoms with E-state index in [1.165, 1.54) is 0 Å². The number of hydrogen-bond acceptors (Lipinski definition) is 3. The van der Waals surface area contributed by atoms with Gasteiger partial charge in [-0.05, 0) is 0 Å². The molecule has 0 unspecified atom stereocenters. The average molecular weight is 74.0 g/mol. The largest absolute Gasteiger partial charge is 0.283 e. The molecule has 0 aromatic carbocycles. The molecule has 0 radical (unpaired) electrons. The van der Waals surface area contributed by atoms with Crippen LogP contribution in [0.4, 0.5) is 0 Å². The molecule has 0 saturated carbocycles. The van der Waals surface area contributed by atoms with Crippen LogP contribution in [0.2, 0.25) is 0 Å². The van der Waals surface area contributed by atoms with E-state index in [4.69, 9.17) is 0 Å². The maximum atomic E-state index is 4.58. The topological polar surface area (TPSA) is 27.7 Å². The smallest absolute Gasteiger partial charge is 0.274 e. The third kappa shape index (κ3) is 0.0972. The Kier molecular flexibility index (Phi) is 0.173. The Balaban J connectivity index is 2.19. The SMILES string of the molecule is O1C2OC1O2. The first-order chi connectivity index (χ1) is 2.45. The van der Waals surface area contributed by atoms with E-state index in [-0.39, 0.29) is 13.0 Å². The molecular formula is C2H2O3. The molecule has 3 nitrogen and oxygen atoms in total. The van der Waals surface area contributed by atoms with Crippen molar-refractivity contribution in [2.24, 2.45) is 0 Å². The standard InChI is InChI=1S/C2H2O3/c3-1-4-2(3)5-1/h1-2H. The average Bonchev–Trinajstić information content (AvgIpc) is 0.592. The van der Waals surface area contributed by atoms with Crippen LogP contribution in [0.5, 0.6) is 0 Å². The predicted octanol–water partition coefficient (Wildman–Crippen LogP) is -0.369. The minimum absolute atomic E-state index is 0.292. The molecule has 3 heterocycles. The van der Waals surface area contributed by atoms with Crippen molar-refractivity contribution in [3.8, 4) is 0 Å². The lowest BCUT2D eigenvalue weighted by molar-refractivity contribution is -0.674. The Bertz CT molecular complexity index is 41.6. The summed E-state index contributed by atoms with van der Waals surface area (Å²) < 4.78 is 13.8. The summed E-state index contributed by atoms with van der Waals surface area (Å²) in [6.45, 7) is -0.583. The third-order valence-electron chi connectivity index (χ3n) is 0.667. The van der Waals surface area contributed by atoms with Crippen LogP contribution in [-0.2, 0) is 14.2 Å². The second-order valence-corrected chi connectivity index (χ2v) is 0.986. The first kappa shape index (κ1) is 2.12. The van der Waals surface area contributed by atoms with E-state index in [1.54, 1.807) is 0 Å². The van der Waals surface area contributed by atoms with Crippen LogP contribution < -0.4 is 0 Å². The summed E-state index contributed by atoms with van der Waals surface area (Å²) in [7, 11) is 0. The van der Waals surface area contributed by atoms with Crippen molar-refractivity contribution in [3.63, 3.8) is 0 Å². The van der Waals surface area contributed by atoms with Crippen LogP contribution in [0.15, 0.2) is 0 Å². The molecule has 3 aliphatic heterocycles. The summed E-state index contributed by atoms with van der Waals surface area (Å²) in [4.78, 5) is 0. The number of rotatable bonds is 0. The lowest BCUT2D eigenvalue weighted by atomic mass is 10.8. The van der Waals surface area contributed by atoms with Crippen LogP contribution in [0, 0.1) is 0 Å². The van der Waals surface area contributed by atoms with Crippen molar-refractivity contribution < 1.29 is 14.2 Å². The van der Waals surface area contributed by atoms with Crippen molar-refractivity contribution in [1.82, 2.24) is 0 Å². The molecule has 0 atom stereocenters. The highest BCUT2D eigenvalue weighted by atomic mass is 17.2. The summed E-state index contributed by atoms with van der Waals surface area (Å²) in [5.74, 6) is 0. The zero-order chi connectivity index (χ0) is 3.28. The van der Waals surface area contributed by atoms with Gasteiger partial charge in [0.2, 0.25) is 0 Å². The number of ether oxygens (including phenoxy) is 3. The fourth-order valence-electron chi connectivity index (χ4n) is 0.303. The Labute approximate surface area is 28.4 Å². The minimum Gasteiger partial charge on any atom is -0.274 e. The maximum absolute atomic E-state index is 4.58. The summed E-state index contributed by atoms with van der Waals surface area (Å²) in [6.07, 6.45) is 0. The molecule has 5 heavy (non-hydrogen) atoms. The van der Waals surface area contributed by atoms with Gasteiger partial charge in [0.25, 0.3) is 13.0 Å². The fraction of sp³-hybridized carbons (Fsp3) is 1.00. The molecule has 0 N–H and O–H groups in total. The number of hydrogen-bond donors (Lipinski definition) is 0. The molecule has 0 amide bonds. The van der Waals surface area contributed by atoms with E-state index >= 15 is 0 Å². The van der Waals surface area contributed by atoms with E-state index < -0.39 is 0 Å². The summed E-state index contributed by atoms with van der Waals surface area (Å²) in [5.41, 5.74) is 0. The van der Waals surface area contributed by atoms with Gasteiger partial charge >= 0.3 is 0 Å². The normalized spacial score (nSPS) is 57.6. The van der Waals surface area contributed by atoms with Gasteiger partial charge in [0.15, 0.2) is 0 Å². The van der Waals surface area contributed by atoms with Crippen LogP contribution in [0.3, 0.4) is 0 Å². The van der Waals surface area contributed by atoms with E-state index in [0.29, 0.717) is 0 Å². The first-order valence-corrected chi connectivity index (χ1v) is 1.41. The Morgan fingerprint density at radius 3 is 1.00 bits per heavy atom. The van der Waals surface area contributed by atoms with Gasteiger partial charge in [-0.2, -0.15) is 0 Å². The molecular weight excluding hydrogens is 72.0 g/mol. The van der Waals surface area contributed by atoms with E-state index in [1.807, 2.05) is 0 Å². The van der Waals surface area contributed by atoms with Crippen LogP contribution in [-0.4, -0.2) is 13.0 Å². The van der Waals surface area contributed by atoms with Gasteiger partial charge in [-0.25, -0.2) is 0 Å². The molecule has 0 aliphatic carbocycles. The Hall–Kier alpha value is -0.120. The fourth-order valence-corrected chi connectivity index (χ4v) is 0.303. The van der Waals surface area contributed by atoms with Gasteiger partial charge in [0.1, 0.15) is 0 Å². The van der Waals surface area contributed by atoms with Gasteiger partial charge in [0, 0.05) is 0 Å². The highest BCUT2D eigenvalue weighted by Crippen LogP contribution is 2.32. The molecule has 28 valence electrons. The monoisotopic (exact) mass is 74.0 g/mol. The van der Waals surface area contributed by atoms with Crippen LogP contribution in [0.1, 0.15) is 0 Å². The molecule has 3 fully saturated rings. The molecule has 3 saturated heterocycles. The second kappa shape index (κ2) is 0.408. The molecule has 0 spiro atoms. The van der Waals surface area contributed by atoms with E-state index in [9.17, 15) is 0 Å². The minimum atomic E-state index is -0.292. The second-order valence-electron chi connectivity index (χ2n) is 0.986. The zero-order valence-electron chi connectivity index (χ0n) is 2.38. The van der Waals surface area contributed by atoms with Gasteiger partial charge in [-0.1, -0.05) is 0 Å². The quantitative estimate of drug-likeness (QED) is 0.392. The van der Waals surface area contributed by atoms with Crippen LogP contribution in [0.25, 0.3) is 0 Å². The van der Waals surface area contributed by atoms with E-state index in [2.05, 4.69) is 14.2 Å². The lowest BCUT2D eigenvalue weighted by Gasteiger charge is -2.46. The summed E-state index contributed by atoms with van der Waals surface area (Å²) >= 11 is 0. The third-order valence-corrected chi connectivity index (χ3v) is 0.667. The van der Waals surface area contributed by atoms with Gasteiger partial charge in [-0.15, -0.1) is 0 Å². The van der Waals surface area contributed by atoms with E-state index in [0.717, 1.165) is 0 Å². The Morgan fingerprint density at radius 2 is 1.00 bits per heavy atom. The highest BCUT2D eigenvalue weighted by molar-refractivity contribution is 4.49. The summed E-state index contributed by atoms with van der Waals surface area (Å²) in [5, 5.41) is 0. The molecule has 2 bridgehead atoms. The molecule has 0 aromatic heterocycles. The van der Waals surface area contributed by atoms with Gasteiger partial charge in [0.05, 0.1) is 0 Å². The zero-order valence-corrected chi connectivity index (χ0v) is 2.38. The van der Waals surface area contributed by atoms with Crippen molar-refractivity contribution in [1.29, 1.82) is 0 Å². The van der Waals surface area contributed by atoms with Gasteiger partial charge in [-0.3, -0.25) is 14.2 Å². The Morgan fingerprint density at radius 1 is 0.800 bits per heavy atom. The lowest BCUT2D eigenvalue weighted by Crippen LogP contribution is -2.59. The van der Waals surface area contributed by atoms with Crippen molar-refractivity contribution >= 4 is 0 Å². The van der Waals surface area contributed by atoms with Crippen molar-refractivity contribution in [3.05, 3.63) is 0 Å². The molecule has 3 heteroatoms.